The maximum atomic E-state index is 5.87. The van der Waals surface area contributed by atoms with Crippen molar-refractivity contribution in [1.29, 1.82) is 0 Å². The Kier molecular flexibility index (Phi) is 6.34. The molecule has 3 rings (SSSR count). The molecule has 2 aromatic rings. The second-order valence-corrected chi connectivity index (χ2v) is 6.39. The number of methoxy groups -OCH3 is 1. The van der Waals surface area contributed by atoms with Gasteiger partial charge in [0.05, 0.1) is 19.8 Å². The normalized spacial score (nSPS) is 20.0. The second-order valence-electron chi connectivity index (χ2n) is 5.36. The zero-order chi connectivity index (χ0) is 16.6. The lowest BCUT2D eigenvalue weighted by atomic mass is 10.3. The molecule has 0 amide bonds. The van der Waals surface area contributed by atoms with Crippen LogP contribution in [0.25, 0.3) is 0 Å². The highest BCUT2D eigenvalue weighted by atomic mass is 32.2. The average molecular weight is 347 g/mol. The van der Waals surface area contributed by atoms with Crippen molar-refractivity contribution < 1.29 is 18.9 Å². The zero-order valence-corrected chi connectivity index (χ0v) is 14.4. The fraction of sp³-hybridized carbons (Fsp3) is 0.389. The van der Waals surface area contributed by atoms with Gasteiger partial charge in [0.2, 0.25) is 0 Å². The molecule has 128 valence electrons. The molecule has 0 spiro atoms. The first-order valence-electron chi connectivity index (χ1n) is 7.84. The molecule has 1 aromatic carbocycles. The maximum Gasteiger partial charge on any atom is 0.192 e. The monoisotopic (exact) mass is 347 g/mol. The van der Waals surface area contributed by atoms with E-state index < -0.39 is 0 Å². The Morgan fingerprint density at radius 2 is 2.08 bits per heavy atom. The Hall–Kier alpha value is -1.76. The second kappa shape index (κ2) is 8.92. The van der Waals surface area contributed by atoms with Gasteiger partial charge in [-0.15, -0.1) is 0 Å². The van der Waals surface area contributed by atoms with Crippen molar-refractivity contribution in [2.24, 2.45) is 0 Å². The Labute approximate surface area is 146 Å². The Bertz CT molecular complexity index is 625. The lowest BCUT2D eigenvalue weighted by Crippen LogP contribution is -2.21. The van der Waals surface area contributed by atoms with Crippen molar-refractivity contribution in [1.82, 2.24) is 4.98 Å². The molecule has 2 atom stereocenters. The van der Waals surface area contributed by atoms with Crippen molar-refractivity contribution >= 4 is 11.8 Å². The highest BCUT2D eigenvalue weighted by molar-refractivity contribution is 7.98. The van der Waals surface area contributed by atoms with E-state index in [0.29, 0.717) is 24.7 Å². The van der Waals surface area contributed by atoms with Gasteiger partial charge in [-0.3, -0.25) is 4.98 Å². The van der Waals surface area contributed by atoms with E-state index in [1.165, 1.54) is 5.56 Å². The van der Waals surface area contributed by atoms with Crippen molar-refractivity contribution in [2.75, 3.05) is 26.1 Å². The van der Waals surface area contributed by atoms with Crippen LogP contribution in [0, 0.1) is 0 Å². The number of pyridine rings is 1. The molecule has 1 aromatic heterocycles. The molecule has 6 heteroatoms. The first kappa shape index (κ1) is 17.1. The smallest absolute Gasteiger partial charge is 0.192 e. The van der Waals surface area contributed by atoms with Crippen LogP contribution >= 0.6 is 11.8 Å². The van der Waals surface area contributed by atoms with E-state index in [-0.39, 0.29) is 12.4 Å². The van der Waals surface area contributed by atoms with Gasteiger partial charge in [-0.25, -0.2) is 0 Å². The van der Waals surface area contributed by atoms with E-state index in [2.05, 4.69) is 11.1 Å². The largest absolute Gasteiger partial charge is 0.493 e. The maximum absolute atomic E-state index is 5.87. The van der Waals surface area contributed by atoms with Crippen LogP contribution in [0.4, 0.5) is 0 Å². The predicted octanol–water partition coefficient (Wildman–Crippen LogP) is 3.14. The Morgan fingerprint density at radius 3 is 2.88 bits per heavy atom. The fourth-order valence-corrected chi connectivity index (χ4v) is 3.33. The summed E-state index contributed by atoms with van der Waals surface area (Å²) in [5.74, 6) is 3.22. The van der Waals surface area contributed by atoms with Gasteiger partial charge in [-0.1, -0.05) is 18.2 Å². The number of hydrogen-bond donors (Lipinski definition) is 0. The first-order chi connectivity index (χ1) is 11.8. The number of aromatic nitrogens is 1. The molecular formula is C18H21NO4S. The summed E-state index contributed by atoms with van der Waals surface area (Å²) in [7, 11) is 1.63. The van der Waals surface area contributed by atoms with Gasteiger partial charge in [-0.2, -0.15) is 11.8 Å². The lowest BCUT2D eigenvalue weighted by molar-refractivity contribution is -0.0790. The van der Waals surface area contributed by atoms with Gasteiger partial charge < -0.3 is 18.9 Å². The van der Waals surface area contributed by atoms with Crippen LogP contribution in [0.15, 0.2) is 48.8 Å². The van der Waals surface area contributed by atoms with Crippen LogP contribution < -0.4 is 9.47 Å². The standard InChI is InChI=1S/C18H21NO4S/c1-20-16-6-2-3-7-17(16)21-11-18-22-10-15(23-18)13-24-12-14-5-4-8-19-9-14/h2-9,15,18H,10-13H2,1H3. The number of para-hydroxylation sites is 2. The molecule has 1 aliphatic rings. The first-order valence-corrected chi connectivity index (χ1v) is 9.00. The van der Waals surface area contributed by atoms with Crippen LogP contribution in [0.5, 0.6) is 11.5 Å². The molecule has 2 heterocycles. The van der Waals surface area contributed by atoms with Gasteiger partial charge in [0, 0.05) is 23.9 Å². The van der Waals surface area contributed by atoms with Gasteiger partial charge in [0.25, 0.3) is 0 Å². The Morgan fingerprint density at radius 1 is 1.21 bits per heavy atom. The van der Waals surface area contributed by atoms with E-state index in [9.17, 15) is 0 Å². The van der Waals surface area contributed by atoms with Crippen molar-refractivity contribution in [3.05, 3.63) is 54.4 Å². The van der Waals surface area contributed by atoms with E-state index in [0.717, 1.165) is 11.5 Å². The van der Waals surface area contributed by atoms with Crippen LogP contribution in [0.3, 0.4) is 0 Å². The molecule has 2 unspecified atom stereocenters. The quantitative estimate of drug-likeness (QED) is 0.731. The summed E-state index contributed by atoms with van der Waals surface area (Å²) in [5, 5.41) is 0. The number of rotatable bonds is 8. The zero-order valence-electron chi connectivity index (χ0n) is 13.6. The SMILES string of the molecule is COc1ccccc1OCC1OCC(CSCc2cccnc2)O1. The minimum atomic E-state index is -0.334. The van der Waals surface area contributed by atoms with E-state index >= 15 is 0 Å². The molecule has 1 aliphatic heterocycles. The number of ether oxygens (including phenoxy) is 4. The molecule has 5 nitrogen and oxygen atoms in total. The van der Waals surface area contributed by atoms with Crippen molar-refractivity contribution in [3.63, 3.8) is 0 Å². The van der Waals surface area contributed by atoms with E-state index in [1.54, 1.807) is 13.3 Å². The van der Waals surface area contributed by atoms with Crippen LogP contribution in [0.1, 0.15) is 5.56 Å². The number of nitrogens with zero attached hydrogens (tertiary/aromatic N) is 1. The van der Waals surface area contributed by atoms with Crippen molar-refractivity contribution in [3.8, 4) is 11.5 Å². The molecule has 0 bridgehead atoms. The van der Waals surface area contributed by atoms with Gasteiger partial charge in [-0.05, 0) is 23.8 Å². The molecule has 0 saturated carbocycles. The third kappa shape index (κ3) is 4.87. The fourth-order valence-electron chi connectivity index (χ4n) is 2.37. The summed E-state index contributed by atoms with van der Waals surface area (Å²) in [6, 6.07) is 11.6. The summed E-state index contributed by atoms with van der Waals surface area (Å²) < 4.78 is 22.5. The molecule has 0 N–H and O–H groups in total. The van der Waals surface area contributed by atoms with Crippen LogP contribution in [0.2, 0.25) is 0 Å². The van der Waals surface area contributed by atoms with E-state index in [4.69, 9.17) is 18.9 Å². The van der Waals surface area contributed by atoms with Gasteiger partial charge in [0.15, 0.2) is 17.8 Å². The highest BCUT2D eigenvalue weighted by Crippen LogP contribution is 2.27. The number of thioether (sulfide) groups is 1. The van der Waals surface area contributed by atoms with Gasteiger partial charge in [0.1, 0.15) is 6.61 Å². The summed E-state index contributed by atoms with van der Waals surface area (Å²) in [4.78, 5) is 4.12. The number of hydrogen-bond acceptors (Lipinski definition) is 6. The summed E-state index contributed by atoms with van der Waals surface area (Å²) >= 11 is 1.82. The minimum Gasteiger partial charge on any atom is -0.493 e. The highest BCUT2D eigenvalue weighted by Gasteiger charge is 2.26. The molecular weight excluding hydrogens is 326 g/mol. The van der Waals surface area contributed by atoms with Crippen molar-refractivity contribution in [2.45, 2.75) is 18.1 Å². The predicted molar refractivity (Wildman–Crippen MR) is 93.5 cm³/mol. The molecule has 24 heavy (non-hydrogen) atoms. The average Bonchev–Trinajstić information content (AvgIpc) is 3.09. The van der Waals surface area contributed by atoms with Gasteiger partial charge >= 0.3 is 0 Å². The third-order valence-corrected chi connectivity index (χ3v) is 4.70. The summed E-state index contributed by atoms with van der Waals surface area (Å²) in [5.41, 5.74) is 1.22. The third-order valence-electron chi connectivity index (χ3n) is 3.55. The molecule has 0 radical (unpaired) electrons. The minimum absolute atomic E-state index is 0.0953. The molecule has 0 aliphatic carbocycles. The summed E-state index contributed by atoms with van der Waals surface area (Å²) in [6.45, 7) is 0.949. The molecule has 1 saturated heterocycles. The molecule has 1 fully saturated rings. The summed E-state index contributed by atoms with van der Waals surface area (Å²) in [6.07, 6.45) is 3.44. The van der Waals surface area contributed by atoms with E-state index in [1.807, 2.05) is 48.3 Å². The van der Waals surface area contributed by atoms with Crippen LogP contribution in [-0.4, -0.2) is 43.5 Å². The lowest BCUT2D eigenvalue weighted by Gasteiger charge is -2.14. The van der Waals surface area contributed by atoms with Crippen LogP contribution in [-0.2, 0) is 15.2 Å². The topological polar surface area (TPSA) is 49.8 Å². The Balaban J connectivity index is 1.38. The number of benzene rings is 1.